The van der Waals surface area contributed by atoms with Gasteiger partial charge in [0.2, 0.25) is 0 Å². The number of nitrogens with one attached hydrogen (secondary N) is 1. The number of nitrogens with zero attached hydrogens (tertiary/aromatic N) is 1. The van der Waals surface area contributed by atoms with Crippen LogP contribution in [0.25, 0.3) is 0 Å². The van der Waals surface area contributed by atoms with Crippen LogP contribution < -0.4 is 29.4 Å². The Labute approximate surface area is 70.3 Å². The predicted molar refractivity (Wildman–Crippen MR) is 28.7 cm³/mol. The maximum absolute atomic E-state index is 10.0. The van der Waals surface area contributed by atoms with Crippen molar-refractivity contribution in [1.82, 2.24) is 10.4 Å². The Morgan fingerprint density at radius 1 is 1.50 bits per heavy atom. The molecule has 1 aliphatic rings. The molecule has 1 rings (SSSR count). The third-order valence-corrected chi connectivity index (χ3v) is 0.853. The number of hydrazine groups is 1. The zero-order valence-electron chi connectivity index (χ0n) is 5.57. The molecule has 1 heterocycles. The molecule has 48 valence electrons. The molecule has 0 radical (unpaired) electrons. The number of amides is 1. The minimum absolute atomic E-state index is 0. The topological polar surface area (TPSA) is 55.4 Å². The van der Waals surface area contributed by atoms with Crippen LogP contribution in [0.4, 0.5) is 4.79 Å². The molecule has 0 aromatic rings. The molecule has 0 bridgehead atoms. The Balaban J connectivity index is 0.000000810. The second-order valence-corrected chi connectivity index (χ2v) is 1.47. The quantitative estimate of drug-likeness (QED) is 0.344. The summed E-state index contributed by atoms with van der Waals surface area (Å²) in [5, 5.41) is 10.9. The van der Waals surface area contributed by atoms with Crippen LogP contribution in [0, 0.1) is 0 Å². The molecular weight excluding hydrogens is 127 g/mol. The smallest absolute Gasteiger partial charge is 0.528 e. The Bertz CT molecular complexity index is 178. The van der Waals surface area contributed by atoms with Gasteiger partial charge in [0.25, 0.3) is 0 Å². The number of rotatable bonds is 0. The molecule has 0 saturated heterocycles. The van der Waals surface area contributed by atoms with Crippen molar-refractivity contribution in [1.29, 1.82) is 0 Å². The van der Waals surface area contributed by atoms with Crippen LogP contribution in [-0.4, -0.2) is 11.1 Å². The minimum Gasteiger partial charge on any atom is -0.528 e. The van der Waals surface area contributed by atoms with Crippen molar-refractivity contribution in [3.63, 3.8) is 0 Å². The van der Waals surface area contributed by atoms with Gasteiger partial charge >= 0.3 is 18.9 Å². The van der Waals surface area contributed by atoms with E-state index < -0.39 is 6.09 Å². The maximum atomic E-state index is 10.0. The van der Waals surface area contributed by atoms with E-state index in [0.717, 1.165) is 5.01 Å². The van der Waals surface area contributed by atoms with Crippen molar-refractivity contribution >= 4 is 6.09 Å². The van der Waals surface area contributed by atoms with Crippen LogP contribution >= 0.6 is 0 Å². The number of hydrogen-bond acceptors (Lipinski definition) is 3. The summed E-state index contributed by atoms with van der Waals surface area (Å²) in [6.45, 7) is 0. The fraction of sp³-hybridized carbons (Fsp3) is 0. The van der Waals surface area contributed by atoms with E-state index in [1.165, 1.54) is 12.4 Å². The first-order chi connectivity index (χ1) is 4.30. The van der Waals surface area contributed by atoms with Crippen LogP contribution in [0.5, 0.6) is 0 Å². The van der Waals surface area contributed by atoms with E-state index in [0.29, 0.717) is 0 Å². The van der Waals surface area contributed by atoms with Crippen LogP contribution in [0.3, 0.4) is 0 Å². The van der Waals surface area contributed by atoms with Gasteiger partial charge in [0, 0.05) is 12.4 Å². The number of carbonyl (C=O) groups excluding carboxylic acids is 1. The van der Waals surface area contributed by atoms with Crippen LogP contribution in [0.1, 0.15) is 0 Å². The first kappa shape index (κ1) is 9.15. The van der Waals surface area contributed by atoms with E-state index in [1.807, 2.05) is 0 Å². The van der Waals surface area contributed by atoms with Gasteiger partial charge in [-0.15, -0.1) is 0 Å². The van der Waals surface area contributed by atoms with Gasteiger partial charge in [-0.05, 0) is 12.2 Å². The summed E-state index contributed by atoms with van der Waals surface area (Å²) in [5.74, 6) is 0. The zero-order chi connectivity index (χ0) is 6.69. The van der Waals surface area contributed by atoms with Crippen LogP contribution in [0.2, 0.25) is 0 Å². The Morgan fingerprint density at radius 3 is 2.50 bits per heavy atom. The molecule has 10 heavy (non-hydrogen) atoms. The fourth-order valence-electron chi connectivity index (χ4n) is 0.471. The second-order valence-electron chi connectivity index (χ2n) is 1.47. The number of carboxylic acid groups (broad SMARTS) is 1. The molecule has 5 heteroatoms. The summed E-state index contributed by atoms with van der Waals surface area (Å²) in [6.07, 6.45) is 4.85. The van der Waals surface area contributed by atoms with Crippen molar-refractivity contribution in [3.8, 4) is 0 Å². The molecule has 1 amide bonds. The summed E-state index contributed by atoms with van der Waals surface area (Å²) in [5.41, 5.74) is 2.42. The summed E-state index contributed by atoms with van der Waals surface area (Å²) in [7, 11) is 0. The number of carbonyl (C=O) groups is 1. The van der Waals surface area contributed by atoms with E-state index in [9.17, 15) is 9.90 Å². The van der Waals surface area contributed by atoms with Crippen molar-refractivity contribution in [2.24, 2.45) is 0 Å². The van der Waals surface area contributed by atoms with Gasteiger partial charge in [0.1, 0.15) is 0 Å². The molecular formula is C5H5LiN2O2. The van der Waals surface area contributed by atoms with Gasteiger partial charge in [-0.1, -0.05) is 0 Å². The Morgan fingerprint density at radius 2 is 2.20 bits per heavy atom. The van der Waals surface area contributed by atoms with Gasteiger partial charge in [-0.3, -0.25) is 0 Å². The average molecular weight is 132 g/mol. The van der Waals surface area contributed by atoms with Crippen LogP contribution in [0.15, 0.2) is 24.6 Å². The van der Waals surface area contributed by atoms with E-state index in [1.54, 1.807) is 12.2 Å². The largest absolute Gasteiger partial charge is 1.00 e. The predicted octanol–water partition coefficient (Wildman–Crippen LogP) is -3.82. The second kappa shape index (κ2) is 4.04. The van der Waals surface area contributed by atoms with Crippen LogP contribution in [-0.2, 0) is 0 Å². The summed E-state index contributed by atoms with van der Waals surface area (Å²) < 4.78 is 0. The van der Waals surface area contributed by atoms with Gasteiger partial charge < -0.3 is 15.3 Å². The van der Waals surface area contributed by atoms with Crippen molar-refractivity contribution < 1.29 is 28.8 Å². The average Bonchev–Trinajstić information content (AvgIpc) is 1.90. The molecule has 0 aromatic carbocycles. The summed E-state index contributed by atoms with van der Waals surface area (Å²) in [6, 6.07) is 0. The van der Waals surface area contributed by atoms with Gasteiger partial charge in [-0.25, -0.2) is 5.01 Å². The van der Waals surface area contributed by atoms with Crippen molar-refractivity contribution in [3.05, 3.63) is 24.6 Å². The zero-order valence-corrected chi connectivity index (χ0v) is 5.57. The number of hydrogen-bond donors (Lipinski definition) is 1. The SMILES string of the molecule is O=C([O-])N1C=CC=CN1.[Li+]. The molecule has 0 fully saturated rings. The molecule has 0 spiro atoms. The Kier molecular flexibility index (Phi) is 3.70. The monoisotopic (exact) mass is 132 g/mol. The van der Waals surface area contributed by atoms with E-state index in [2.05, 4.69) is 5.43 Å². The van der Waals surface area contributed by atoms with Crippen molar-refractivity contribution in [2.45, 2.75) is 0 Å². The van der Waals surface area contributed by atoms with Gasteiger partial charge in [-0.2, -0.15) is 0 Å². The van der Waals surface area contributed by atoms with E-state index >= 15 is 0 Å². The molecule has 0 atom stereocenters. The van der Waals surface area contributed by atoms with E-state index in [4.69, 9.17) is 0 Å². The number of allylic oxidation sites excluding steroid dienone is 2. The minimum atomic E-state index is -1.27. The third-order valence-electron chi connectivity index (χ3n) is 0.853. The van der Waals surface area contributed by atoms with Gasteiger partial charge in [0.05, 0.1) is 0 Å². The first-order valence-corrected chi connectivity index (χ1v) is 2.40. The molecule has 0 aliphatic carbocycles. The third kappa shape index (κ3) is 2.17. The Hall–Kier alpha value is -0.853. The summed E-state index contributed by atoms with van der Waals surface area (Å²) in [4.78, 5) is 10.0. The first-order valence-electron chi connectivity index (χ1n) is 2.40. The molecule has 4 nitrogen and oxygen atoms in total. The van der Waals surface area contributed by atoms with E-state index in [-0.39, 0.29) is 18.9 Å². The molecule has 0 aromatic heterocycles. The maximum Gasteiger partial charge on any atom is 1.00 e. The molecule has 1 N–H and O–H groups in total. The summed E-state index contributed by atoms with van der Waals surface area (Å²) >= 11 is 0. The molecule has 0 unspecified atom stereocenters. The standard InChI is InChI=1S/C5H6N2O2.Li/c8-5(9)7-4-2-1-3-6-7;/h1-4,6H,(H,8,9);/q;+1/p-1. The molecule has 1 aliphatic heterocycles. The van der Waals surface area contributed by atoms with Crippen molar-refractivity contribution in [2.75, 3.05) is 0 Å². The molecule has 0 saturated carbocycles. The fourth-order valence-corrected chi connectivity index (χ4v) is 0.471. The normalized spacial score (nSPS) is 13.8. The van der Waals surface area contributed by atoms with Gasteiger partial charge in [0.15, 0.2) is 6.09 Å².